The number of aromatic nitrogens is 2. The summed E-state index contributed by atoms with van der Waals surface area (Å²) in [6.07, 6.45) is 0. The molecule has 0 aliphatic carbocycles. The normalized spacial score (nSPS) is 9.94. The molecular formula is C15H17N3. The fraction of sp³-hybridized carbons (Fsp3) is 0.267. The molecule has 0 amide bonds. The molecule has 0 fully saturated rings. The lowest BCUT2D eigenvalue weighted by molar-refractivity contribution is 0.634. The summed E-state index contributed by atoms with van der Waals surface area (Å²) in [6.45, 7) is 6.98. The Hall–Kier alpha value is -2.21. The summed E-state index contributed by atoms with van der Waals surface area (Å²) in [5.41, 5.74) is 10.5. The Labute approximate surface area is 108 Å². The summed E-state index contributed by atoms with van der Waals surface area (Å²) in [7, 11) is 0. The first-order chi connectivity index (χ1) is 8.61. The third-order valence-electron chi connectivity index (χ3n) is 2.90. The molecule has 2 rings (SSSR count). The zero-order valence-electron chi connectivity index (χ0n) is 11.0. The average Bonchev–Trinajstić information content (AvgIpc) is 2.62. The molecule has 1 aromatic carbocycles. The number of anilines is 1. The molecule has 0 radical (unpaired) electrons. The van der Waals surface area contributed by atoms with E-state index in [-0.39, 0.29) is 0 Å². The highest BCUT2D eigenvalue weighted by Crippen LogP contribution is 2.12. The molecule has 0 spiro atoms. The molecule has 0 saturated heterocycles. The predicted octanol–water partition coefficient (Wildman–Crippen LogP) is 2.50. The maximum Gasteiger partial charge on any atom is 0.0753 e. The minimum atomic E-state index is 0.736. The lowest BCUT2D eigenvalue weighted by atomic mass is 10.1. The van der Waals surface area contributed by atoms with Crippen molar-refractivity contribution in [2.75, 3.05) is 5.73 Å². The second-order valence-corrected chi connectivity index (χ2v) is 4.24. The second-order valence-electron chi connectivity index (χ2n) is 4.24. The molecule has 92 valence electrons. The summed E-state index contributed by atoms with van der Waals surface area (Å²) in [5.74, 6) is 6.33. The topological polar surface area (TPSA) is 43.8 Å². The van der Waals surface area contributed by atoms with E-state index in [1.54, 1.807) is 0 Å². The van der Waals surface area contributed by atoms with Gasteiger partial charge in [0.1, 0.15) is 0 Å². The summed E-state index contributed by atoms with van der Waals surface area (Å²) in [4.78, 5) is 0. The highest BCUT2D eigenvalue weighted by molar-refractivity contribution is 5.51. The van der Waals surface area contributed by atoms with Gasteiger partial charge in [-0.25, -0.2) is 0 Å². The standard InChI is InChI=1S/C15H17N3/c1-4-18-12(3)15(11(2)17-18)9-8-13-6-5-7-14(16)10-13/h5-7,10H,4,16H2,1-3H3. The van der Waals surface area contributed by atoms with Gasteiger partial charge < -0.3 is 5.73 Å². The molecule has 0 unspecified atom stereocenters. The molecule has 3 heteroatoms. The van der Waals surface area contributed by atoms with E-state index in [9.17, 15) is 0 Å². The smallest absolute Gasteiger partial charge is 0.0753 e. The van der Waals surface area contributed by atoms with Crippen molar-refractivity contribution in [3.8, 4) is 11.8 Å². The highest BCUT2D eigenvalue weighted by Gasteiger charge is 2.07. The van der Waals surface area contributed by atoms with E-state index in [2.05, 4.69) is 23.9 Å². The zero-order valence-corrected chi connectivity index (χ0v) is 11.0. The Balaban J connectivity index is 2.38. The summed E-state index contributed by atoms with van der Waals surface area (Å²) in [6, 6.07) is 7.60. The Bertz CT molecular complexity index is 627. The lowest BCUT2D eigenvalue weighted by Gasteiger charge is -1.97. The molecule has 0 aliphatic heterocycles. The van der Waals surface area contributed by atoms with Crippen molar-refractivity contribution in [3.05, 3.63) is 46.8 Å². The predicted molar refractivity (Wildman–Crippen MR) is 74.2 cm³/mol. The molecule has 18 heavy (non-hydrogen) atoms. The monoisotopic (exact) mass is 239 g/mol. The molecular weight excluding hydrogens is 222 g/mol. The molecule has 0 atom stereocenters. The Morgan fingerprint density at radius 2 is 2.06 bits per heavy atom. The van der Waals surface area contributed by atoms with Crippen molar-refractivity contribution in [1.82, 2.24) is 9.78 Å². The lowest BCUT2D eigenvalue weighted by Crippen LogP contribution is -1.98. The Morgan fingerprint density at radius 1 is 1.28 bits per heavy atom. The number of hydrogen-bond acceptors (Lipinski definition) is 2. The molecule has 2 N–H and O–H groups in total. The summed E-state index contributed by atoms with van der Waals surface area (Å²) in [5, 5.41) is 4.45. The zero-order chi connectivity index (χ0) is 13.1. The van der Waals surface area contributed by atoms with Gasteiger partial charge in [0.15, 0.2) is 0 Å². The molecule has 1 aromatic heterocycles. The van der Waals surface area contributed by atoms with Gasteiger partial charge in [0, 0.05) is 17.8 Å². The largest absolute Gasteiger partial charge is 0.399 e. The van der Waals surface area contributed by atoms with E-state index in [0.29, 0.717) is 0 Å². The number of aryl methyl sites for hydroxylation is 2. The van der Waals surface area contributed by atoms with Gasteiger partial charge >= 0.3 is 0 Å². The third kappa shape index (κ3) is 2.38. The van der Waals surface area contributed by atoms with Gasteiger partial charge in [-0.1, -0.05) is 17.9 Å². The van der Waals surface area contributed by atoms with Gasteiger partial charge in [-0.2, -0.15) is 5.10 Å². The number of benzene rings is 1. The van der Waals surface area contributed by atoms with Crippen LogP contribution >= 0.6 is 0 Å². The molecule has 2 aromatic rings. The minimum absolute atomic E-state index is 0.736. The van der Waals surface area contributed by atoms with Crippen LogP contribution in [-0.4, -0.2) is 9.78 Å². The third-order valence-corrected chi connectivity index (χ3v) is 2.90. The molecule has 1 heterocycles. The van der Waals surface area contributed by atoms with Gasteiger partial charge in [-0.15, -0.1) is 0 Å². The van der Waals surface area contributed by atoms with Crippen LogP contribution in [0.25, 0.3) is 0 Å². The molecule has 3 nitrogen and oxygen atoms in total. The van der Waals surface area contributed by atoms with Gasteiger partial charge in [0.2, 0.25) is 0 Å². The maximum atomic E-state index is 5.73. The number of hydrogen-bond donors (Lipinski definition) is 1. The number of nitrogens with zero attached hydrogens (tertiary/aromatic N) is 2. The van der Waals surface area contributed by atoms with Crippen LogP contribution in [-0.2, 0) is 6.54 Å². The molecule has 0 saturated carbocycles. The van der Waals surface area contributed by atoms with Crippen LogP contribution in [0.4, 0.5) is 5.69 Å². The minimum Gasteiger partial charge on any atom is -0.399 e. The highest BCUT2D eigenvalue weighted by atomic mass is 15.3. The van der Waals surface area contributed by atoms with Crippen molar-refractivity contribution in [3.63, 3.8) is 0 Å². The van der Waals surface area contributed by atoms with E-state index in [1.165, 1.54) is 0 Å². The quantitative estimate of drug-likeness (QED) is 0.614. The number of rotatable bonds is 1. The van der Waals surface area contributed by atoms with Crippen molar-refractivity contribution >= 4 is 5.69 Å². The van der Waals surface area contributed by atoms with Gasteiger partial charge in [0.25, 0.3) is 0 Å². The summed E-state index contributed by atoms with van der Waals surface area (Å²) >= 11 is 0. The first-order valence-electron chi connectivity index (χ1n) is 6.03. The Morgan fingerprint density at radius 3 is 2.67 bits per heavy atom. The van der Waals surface area contributed by atoms with Crippen LogP contribution in [0.1, 0.15) is 29.4 Å². The Kier molecular flexibility index (Phi) is 3.38. The fourth-order valence-electron chi connectivity index (χ4n) is 1.94. The maximum absolute atomic E-state index is 5.73. The van der Waals surface area contributed by atoms with Gasteiger partial charge in [0.05, 0.1) is 17.0 Å². The van der Waals surface area contributed by atoms with Crippen LogP contribution in [0.2, 0.25) is 0 Å². The fourth-order valence-corrected chi connectivity index (χ4v) is 1.94. The first kappa shape index (κ1) is 12.3. The van der Waals surface area contributed by atoms with E-state index in [4.69, 9.17) is 5.73 Å². The van der Waals surface area contributed by atoms with Crippen molar-refractivity contribution in [2.24, 2.45) is 0 Å². The molecule has 0 aliphatic rings. The summed E-state index contributed by atoms with van der Waals surface area (Å²) < 4.78 is 1.97. The van der Waals surface area contributed by atoms with E-state index in [0.717, 1.165) is 34.7 Å². The van der Waals surface area contributed by atoms with Crippen LogP contribution in [0.5, 0.6) is 0 Å². The van der Waals surface area contributed by atoms with Crippen LogP contribution in [0.15, 0.2) is 24.3 Å². The SMILES string of the molecule is CCn1nc(C)c(C#Cc2cccc(N)c2)c1C. The van der Waals surface area contributed by atoms with Crippen molar-refractivity contribution < 1.29 is 0 Å². The van der Waals surface area contributed by atoms with Crippen LogP contribution in [0.3, 0.4) is 0 Å². The average molecular weight is 239 g/mol. The van der Waals surface area contributed by atoms with Crippen LogP contribution < -0.4 is 5.73 Å². The number of nitrogens with two attached hydrogens (primary N) is 1. The van der Waals surface area contributed by atoms with Crippen LogP contribution in [0, 0.1) is 25.7 Å². The molecule has 0 bridgehead atoms. The van der Waals surface area contributed by atoms with Crippen molar-refractivity contribution in [1.29, 1.82) is 0 Å². The first-order valence-corrected chi connectivity index (χ1v) is 6.03. The van der Waals surface area contributed by atoms with Gasteiger partial charge in [-0.05, 0) is 39.0 Å². The number of nitrogen functional groups attached to an aromatic ring is 1. The van der Waals surface area contributed by atoms with E-state index in [1.807, 2.05) is 42.8 Å². The van der Waals surface area contributed by atoms with Crippen molar-refractivity contribution in [2.45, 2.75) is 27.3 Å². The van der Waals surface area contributed by atoms with E-state index < -0.39 is 0 Å². The van der Waals surface area contributed by atoms with E-state index >= 15 is 0 Å². The second kappa shape index (κ2) is 4.97. The van der Waals surface area contributed by atoms with Gasteiger partial charge in [-0.3, -0.25) is 4.68 Å².